The van der Waals surface area contributed by atoms with E-state index in [-0.39, 0.29) is 0 Å². The molecule has 0 bridgehead atoms. The van der Waals surface area contributed by atoms with Crippen LogP contribution in [0.2, 0.25) is 0 Å². The van der Waals surface area contributed by atoms with Gasteiger partial charge in [-0.2, -0.15) is 0 Å². The van der Waals surface area contributed by atoms with E-state index >= 15 is 0 Å². The zero-order valence-electron chi connectivity index (χ0n) is 11.5. The fourth-order valence-corrected chi connectivity index (χ4v) is 2.59. The minimum atomic E-state index is 0.391. The molecule has 4 nitrogen and oxygen atoms in total. The summed E-state index contributed by atoms with van der Waals surface area (Å²) in [5.41, 5.74) is 2.26. The molecule has 2 aromatic rings. The molecule has 0 saturated carbocycles. The molecule has 19 heavy (non-hydrogen) atoms. The van der Waals surface area contributed by atoms with Gasteiger partial charge in [-0.05, 0) is 18.9 Å². The number of fused-ring (bicyclic) bond motifs is 1. The van der Waals surface area contributed by atoms with E-state index in [1.165, 1.54) is 12.1 Å². The van der Waals surface area contributed by atoms with Gasteiger partial charge >= 0.3 is 0 Å². The molecule has 2 aromatic heterocycles. The van der Waals surface area contributed by atoms with Gasteiger partial charge in [0.1, 0.15) is 5.65 Å². The first-order valence-electron chi connectivity index (χ1n) is 7.16. The quantitative estimate of drug-likeness (QED) is 0.773. The normalized spacial score (nSPS) is 19.4. The number of unbranched alkanes of at least 4 members (excludes halogenated alkanes) is 1. The largest absolute Gasteiger partial charge is 0.376 e. The number of hydrogen-bond donors (Lipinski definition) is 0. The first-order chi connectivity index (χ1) is 9.36. The molecule has 0 radical (unpaired) electrons. The molecular formula is C15H21N3O. The molecular weight excluding hydrogens is 238 g/mol. The Morgan fingerprint density at radius 1 is 1.42 bits per heavy atom. The van der Waals surface area contributed by atoms with Crippen LogP contribution in [0, 0.1) is 0 Å². The van der Waals surface area contributed by atoms with Crippen molar-refractivity contribution >= 4 is 11.3 Å². The van der Waals surface area contributed by atoms with Crippen molar-refractivity contribution in [1.29, 1.82) is 0 Å². The third-order valence-corrected chi connectivity index (χ3v) is 3.74. The molecule has 4 heteroatoms. The molecule has 3 rings (SSSR count). The number of nitrogens with zero attached hydrogens (tertiary/aromatic N) is 3. The van der Waals surface area contributed by atoms with Gasteiger partial charge < -0.3 is 14.0 Å². The van der Waals surface area contributed by atoms with Crippen LogP contribution < -0.4 is 4.90 Å². The molecule has 1 saturated heterocycles. The van der Waals surface area contributed by atoms with Gasteiger partial charge in [0.25, 0.3) is 0 Å². The van der Waals surface area contributed by atoms with Gasteiger partial charge in [0.2, 0.25) is 0 Å². The molecule has 1 aliphatic heterocycles. The second-order valence-electron chi connectivity index (χ2n) is 5.16. The van der Waals surface area contributed by atoms with Crippen LogP contribution in [-0.2, 0) is 4.74 Å². The second-order valence-corrected chi connectivity index (χ2v) is 5.16. The highest BCUT2D eigenvalue weighted by Gasteiger charge is 2.23. The van der Waals surface area contributed by atoms with Crippen molar-refractivity contribution < 1.29 is 4.74 Å². The highest BCUT2D eigenvalue weighted by Crippen LogP contribution is 2.22. The molecule has 102 valence electrons. The van der Waals surface area contributed by atoms with Crippen LogP contribution in [0.25, 0.3) is 5.65 Å². The van der Waals surface area contributed by atoms with Crippen LogP contribution in [0.15, 0.2) is 30.7 Å². The molecule has 0 aromatic carbocycles. The third kappa shape index (κ3) is 2.73. The first kappa shape index (κ1) is 12.5. The Morgan fingerprint density at radius 3 is 3.26 bits per heavy atom. The Labute approximate surface area is 114 Å². The summed E-state index contributed by atoms with van der Waals surface area (Å²) in [5, 5.41) is 0. The number of pyridine rings is 1. The SMILES string of the molecule is CCCCOC1CCN(c2ccn3ccnc3c2)C1. The van der Waals surface area contributed by atoms with E-state index in [0.717, 1.165) is 38.2 Å². The number of rotatable bonds is 5. The van der Waals surface area contributed by atoms with Crippen molar-refractivity contribution in [3.05, 3.63) is 30.7 Å². The first-order valence-corrected chi connectivity index (χ1v) is 7.16. The highest BCUT2D eigenvalue weighted by molar-refractivity contribution is 5.56. The van der Waals surface area contributed by atoms with E-state index in [4.69, 9.17) is 4.74 Å². The molecule has 1 aliphatic rings. The summed E-state index contributed by atoms with van der Waals surface area (Å²) in [6.45, 7) is 5.17. The van der Waals surface area contributed by atoms with Crippen molar-refractivity contribution in [3.63, 3.8) is 0 Å². The van der Waals surface area contributed by atoms with Crippen LogP contribution in [-0.4, -0.2) is 35.2 Å². The van der Waals surface area contributed by atoms with Gasteiger partial charge in [0.15, 0.2) is 0 Å². The lowest BCUT2D eigenvalue weighted by Gasteiger charge is -2.18. The lowest BCUT2D eigenvalue weighted by molar-refractivity contribution is 0.0662. The van der Waals surface area contributed by atoms with Crippen molar-refractivity contribution in [2.45, 2.75) is 32.3 Å². The number of hydrogen-bond acceptors (Lipinski definition) is 3. The fraction of sp³-hybridized carbons (Fsp3) is 0.533. The van der Waals surface area contributed by atoms with Crippen LogP contribution in [0.5, 0.6) is 0 Å². The van der Waals surface area contributed by atoms with Crippen molar-refractivity contribution in [1.82, 2.24) is 9.38 Å². The number of anilines is 1. The lowest BCUT2D eigenvalue weighted by Crippen LogP contribution is -2.23. The molecule has 1 fully saturated rings. The summed E-state index contributed by atoms with van der Waals surface area (Å²) in [5.74, 6) is 0. The molecule has 0 N–H and O–H groups in total. The molecule has 1 unspecified atom stereocenters. The van der Waals surface area contributed by atoms with Gasteiger partial charge in [0.05, 0.1) is 6.10 Å². The van der Waals surface area contributed by atoms with Crippen LogP contribution in [0.1, 0.15) is 26.2 Å². The summed E-state index contributed by atoms with van der Waals surface area (Å²) in [6, 6.07) is 4.30. The highest BCUT2D eigenvalue weighted by atomic mass is 16.5. The van der Waals surface area contributed by atoms with Gasteiger partial charge in [0, 0.05) is 50.0 Å². The Balaban J connectivity index is 1.63. The standard InChI is InChI=1S/C15H21N3O/c1-2-3-10-19-14-5-8-18(12-14)13-4-7-17-9-6-16-15(17)11-13/h4,6-7,9,11,14H,2-3,5,8,10,12H2,1H3. The lowest BCUT2D eigenvalue weighted by atomic mass is 10.3. The maximum absolute atomic E-state index is 5.91. The van der Waals surface area contributed by atoms with Gasteiger partial charge in [-0.25, -0.2) is 4.98 Å². The predicted octanol–water partition coefficient (Wildman–Crippen LogP) is 2.73. The van der Waals surface area contributed by atoms with Crippen LogP contribution in [0.4, 0.5) is 5.69 Å². The summed E-state index contributed by atoms with van der Waals surface area (Å²) in [6.07, 6.45) is 9.76. The third-order valence-electron chi connectivity index (χ3n) is 3.74. The Hall–Kier alpha value is -1.55. The zero-order chi connectivity index (χ0) is 13.1. The Bertz CT molecular complexity index is 537. The monoisotopic (exact) mass is 259 g/mol. The average molecular weight is 259 g/mol. The van der Waals surface area contributed by atoms with Crippen LogP contribution in [0.3, 0.4) is 0 Å². The minimum Gasteiger partial charge on any atom is -0.376 e. The van der Waals surface area contributed by atoms with Crippen LogP contribution >= 0.6 is 0 Å². The Morgan fingerprint density at radius 2 is 2.37 bits per heavy atom. The smallest absolute Gasteiger partial charge is 0.138 e. The number of aromatic nitrogens is 2. The number of imidazole rings is 1. The molecule has 0 aliphatic carbocycles. The molecule has 3 heterocycles. The topological polar surface area (TPSA) is 29.8 Å². The van der Waals surface area contributed by atoms with E-state index in [1.54, 1.807) is 0 Å². The summed E-state index contributed by atoms with van der Waals surface area (Å²) >= 11 is 0. The van der Waals surface area contributed by atoms with E-state index in [2.05, 4.69) is 35.1 Å². The average Bonchev–Trinajstić information content (AvgIpc) is 3.06. The minimum absolute atomic E-state index is 0.391. The maximum atomic E-state index is 5.91. The summed E-state index contributed by atoms with van der Waals surface area (Å²) in [7, 11) is 0. The maximum Gasteiger partial charge on any atom is 0.138 e. The Kier molecular flexibility index (Phi) is 3.69. The predicted molar refractivity (Wildman–Crippen MR) is 76.7 cm³/mol. The van der Waals surface area contributed by atoms with Gasteiger partial charge in [-0.1, -0.05) is 13.3 Å². The van der Waals surface area contributed by atoms with Crippen molar-refractivity contribution in [2.75, 3.05) is 24.6 Å². The van der Waals surface area contributed by atoms with Crippen molar-refractivity contribution in [3.8, 4) is 0 Å². The molecule has 1 atom stereocenters. The molecule has 0 amide bonds. The fourth-order valence-electron chi connectivity index (χ4n) is 2.59. The van der Waals surface area contributed by atoms with Gasteiger partial charge in [-0.3, -0.25) is 0 Å². The van der Waals surface area contributed by atoms with E-state index in [9.17, 15) is 0 Å². The van der Waals surface area contributed by atoms with E-state index < -0.39 is 0 Å². The van der Waals surface area contributed by atoms with Gasteiger partial charge in [-0.15, -0.1) is 0 Å². The van der Waals surface area contributed by atoms with Crippen molar-refractivity contribution in [2.24, 2.45) is 0 Å². The van der Waals surface area contributed by atoms with E-state index in [1.807, 2.05) is 16.8 Å². The molecule has 0 spiro atoms. The summed E-state index contributed by atoms with van der Waals surface area (Å²) in [4.78, 5) is 6.73. The zero-order valence-corrected chi connectivity index (χ0v) is 11.5. The second kappa shape index (κ2) is 5.61. The van der Waals surface area contributed by atoms with E-state index in [0.29, 0.717) is 6.10 Å². The summed E-state index contributed by atoms with van der Waals surface area (Å²) < 4.78 is 7.94. The number of ether oxygens (including phenoxy) is 1.